The summed E-state index contributed by atoms with van der Waals surface area (Å²) in [6, 6.07) is 5.15. The minimum Gasteiger partial charge on any atom is -0.484 e. The lowest BCUT2D eigenvalue weighted by molar-refractivity contribution is -0.317. The number of carbonyl (C=O) groups excluding carboxylic acids is 1. The SMILES string of the molecule is Cc1ccc(OCC(=O)N2N=C3[C@H](C)CCC[C@H]3[C@]2(O)C(F)(F)F)cc1C. The summed E-state index contributed by atoms with van der Waals surface area (Å²) >= 11 is 0. The smallest absolute Gasteiger partial charge is 0.439 e. The van der Waals surface area contributed by atoms with Gasteiger partial charge >= 0.3 is 6.18 Å². The zero-order chi connectivity index (χ0) is 20.0. The predicted molar refractivity (Wildman–Crippen MR) is 93.2 cm³/mol. The number of halogens is 3. The summed E-state index contributed by atoms with van der Waals surface area (Å²) in [5.41, 5.74) is -1.11. The van der Waals surface area contributed by atoms with Gasteiger partial charge in [0.1, 0.15) is 5.75 Å². The van der Waals surface area contributed by atoms with Gasteiger partial charge in [-0.3, -0.25) is 4.79 Å². The fourth-order valence-electron chi connectivity index (χ4n) is 3.76. The van der Waals surface area contributed by atoms with Gasteiger partial charge in [-0.05, 0) is 55.9 Å². The van der Waals surface area contributed by atoms with Crippen molar-refractivity contribution in [2.75, 3.05) is 6.61 Å². The molecule has 1 aromatic rings. The van der Waals surface area contributed by atoms with Gasteiger partial charge in [-0.15, -0.1) is 0 Å². The van der Waals surface area contributed by atoms with E-state index in [2.05, 4.69) is 5.10 Å². The fraction of sp³-hybridized carbons (Fsp3) is 0.579. The Morgan fingerprint density at radius 1 is 1.33 bits per heavy atom. The lowest BCUT2D eigenvalue weighted by Gasteiger charge is -2.38. The average Bonchev–Trinajstić information content (AvgIpc) is 2.91. The molecule has 1 aliphatic heterocycles. The molecule has 27 heavy (non-hydrogen) atoms. The maximum Gasteiger partial charge on any atom is 0.439 e. The highest BCUT2D eigenvalue weighted by atomic mass is 19.4. The summed E-state index contributed by atoms with van der Waals surface area (Å²) in [7, 11) is 0. The molecule has 0 radical (unpaired) electrons. The summed E-state index contributed by atoms with van der Waals surface area (Å²) in [4.78, 5) is 12.5. The Bertz CT molecular complexity index is 778. The van der Waals surface area contributed by atoms with Gasteiger partial charge in [0.05, 0.1) is 5.92 Å². The Kier molecular flexibility index (Phi) is 4.96. The monoisotopic (exact) mass is 384 g/mol. The molecule has 0 saturated heterocycles. The van der Waals surface area contributed by atoms with Crippen LogP contribution in [0.15, 0.2) is 23.3 Å². The highest BCUT2D eigenvalue weighted by Gasteiger charge is 2.69. The normalized spacial score (nSPS) is 28.0. The standard InChI is InChI=1S/C19H23F3N2O3/c1-11-7-8-14(9-13(11)3)27-10-16(25)24-18(26,19(20,21)22)15-6-4-5-12(2)17(15)23-24/h7-9,12,15,26H,4-6,10H2,1-3H3/t12-,15-,18+/m1/s1. The van der Waals surface area contributed by atoms with Crippen LogP contribution in [-0.4, -0.2) is 40.2 Å². The van der Waals surface area contributed by atoms with Crippen molar-refractivity contribution in [3.05, 3.63) is 29.3 Å². The van der Waals surface area contributed by atoms with Crippen LogP contribution in [0.3, 0.4) is 0 Å². The molecule has 1 saturated carbocycles. The molecular formula is C19H23F3N2O3. The summed E-state index contributed by atoms with van der Waals surface area (Å²) < 4.78 is 46.6. The average molecular weight is 384 g/mol. The second-order valence-electron chi connectivity index (χ2n) is 7.37. The third-order valence-electron chi connectivity index (χ3n) is 5.51. The van der Waals surface area contributed by atoms with Crippen molar-refractivity contribution < 1.29 is 27.8 Å². The van der Waals surface area contributed by atoms with Crippen LogP contribution in [0.1, 0.15) is 37.3 Å². The van der Waals surface area contributed by atoms with E-state index in [1.165, 1.54) is 0 Å². The number of rotatable bonds is 3. The maximum absolute atomic E-state index is 13.8. The first kappa shape index (κ1) is 19.7. The molecule has 0 aromatic heterocycles. The first-order valence-electron chi connectivity index (χ1n) is 8.96. The van der Waals surface area contributed by atoms with E-state index in [-0.39, 0.29) is 23.1 Å². The second kappa shape index (κ2) is 6.82. The van der Waals surface area contributed by atoms with Gasteiger partial charge in [0.15, 0.2) is 6.61 Å². The number of hydrogen-bond acceptors (Lipinski definition) is 4. The third kappa shape index (κ3) is 3.31. The Morgan fingerprint density at radius 3 is 2.67 bits per heavy atom. The topological polar surface area (TPSA) is 62.1 Å². The zero-order valence-corrected chi connectivity index (χ0v) is 15.5. The van der Waals surface area contributed by atoms with Crippen molar-refractivity contribution in [2.45, 2.75) is 51.9 Å². The number of ether oxygens (including phenoxy) is 1. The van der Waals surface area contributed by atoms with Crippen LogP contribution in [0, 0.1) is 25.7 Å². The largest absolute Gasteiger partial charge is 0.484 e. The van der Waals surface area contributed by atoms with Crippen molar-refractivity contribution in [1.29, 1.82) is 0 Å². The number of aliphatic hydroxyl groups is 1. The molecule has 0 bridgehead atoms. The van der Waals surface area contributed by atoms with E-state index in [4.69, 9.17) is 4.74 Å². The van der Waals surface area contributed by atoms with Crippen molar-refractivity contribution in [1.82, 2.24) is 5.01 Å². The molecule has 1 fully saturated rings. The lowest BCUT2D eigenvalue weighted by Crippen LogP contribution is -2.62. The van der Waals surface area contributed by atoms with Gasteiger partial charge in [0, 0.05) is 5.71 Å². The summed E-state index contributed by atoms with van der Waals surface area (Å²) in [5, 5.41) is 14.7. The number of hydrogen-bond donors (Lipinski definition) is 1. The van der Waals surface area contributed by atoms with Gasteiger partial charge < -0.3 is 9.84 Å². The predicted octanol–water partition coefficient (Wildman–Crippen LogP) is 3.57. The number of fused-ring (bicyclic) bond motifs is 1. The van der Waals surface area contributed by atoms with E-state index >= 15 is 0 Å². The van der Waals surface area contributed by atoms with E-state index in [1.54, 1.807) is 25.1 Å². The van der Waals surface area contributed by atoms with Crippen LogP contribution < -0.4 is 4.74 Å². The van der Waals surface area contributed by atoms with Crippen LogP contribution in [0.2, 0.25) is 0 Å². The molecule has 1 amide bonds. The van der Waals surface area contributed by atoms with Crippen molar-refractivity contribution in [3.8, 4) is 5.75 Å². The molecule has 8 heteroatoms. The molecule has 0 unspecified atom stereocenters. The summed E-state index contributed by atoms with van der Waals surface area (Å²) in [6.07, 6.45) is -3.65. The molecule has 148 valence electrons. The second-order valence-corrected chi connectivity index (χ2v) is 7.37. The Labute approximate surface area is 155 Å². The molecule has 5 nitrogen and oxygen atoms in total. The Balaban J connectivity index is 1.83. The number of carbonyl (C=O) groups is 1. The number of benzene rings is 1. The van der Waals surface area contributed by atoms with Crippen molar-refractivity contribution >= 4 is 11.6 Å². The van der Waals surface area contributed by atoms with Gasteiger partial charge in [-0.2, -0.15) is 23.3 Å². The molecule has 0 spiro atoms. The molecule has 3 atom stereocenters. The molecule has 1 N–H and O–H groups in total. The molecule has 2 aliphatic rings. The Morgan fingerprint density at radius 2 is 2.04 bits per heavy atom. The van der Waals surface area contributed by atoms with E-state index in [1.807, 2.05) is 13.8 Å². The molecule has 1 aromatic carbocycles. The van der Waals surface area contributed by atoms with Gasteiger partial charge in [0.2, 0.25) is 0 Å². The minimum absolute atomic E-state index is 0.140. The van der Waals surface area contributed by atoms with Crippen LogP contribution in [0.25, 0.3) is 0 Å². The van der Waals surface area contributed by atoms with E-state index < -0.39 is 30.3 Å². The highest BCUT2D eigenvalue weighted by Crippen LogP contribution is 2.49. The van der Waals surface area contributed by atoms with Gasteiger partial charge in [-0.25, -0.2) is 0 Å². The Hall–Kier alpha value is -2.09. The minimum atomic E-state index is -5.02. The quantitative estimate of drug-likeness (QED) is 0.867. The molecule has 3 rings (SSSR count). The number of hydrazone groups is 1. The van der Waals surface area contributed by atoms with E-state index in [0.717, 1.165) is 11.1 Å². The lowest BCUT2D eigenvalue weighted by atomic mass is 9.75. The van der Waals surface area contributed by atoms with Crippen LogP contribution >= 0.6 is 0 Å². The first-order chi connectivity index (χ1) is 12.6. The number of amides is 1. The molecule has 1 heterocycles. The molecular weight excluding hydrogens is 361 g/mol. The van der Waals surface area contributed by atoms with Crippen molar-refractivity contribution in [2.24, 2.45) is 16.9 Å². The van der Waals surface area contributed by atoms with Gasteiger partial charge in [-0.1, -0.05) is 19.4 Å². The number of nitrogens with zero attached hydrogens (tertiary/aromatic N) is 2. The van der Waals surface area contributed by atoms with Crippen molar-refractivity contribution in [3.63, 3.8) is 0 Å². The summed E-state index contributed by atoms with van der Waals surface area (Å²) in [5.74, 6) is -2.09. The third-order valence-corrected chi connectivity index (χ3v) is 5.51. The first-order valence-corrected chi connectivity index (χ1v) is 8.96. The van der Waals surface area contributed by atoms with Gasteiger partial charge in [0.25, 0.3) is 11.6 Å². The zero-order valence-electron chi connectivity index (χ0n) is 15.5. The van der Waals surface area contributed by atoms with E-state index in [0.29, 0.717) is 18.6 Å². The number of alkyl halides is 3. The fourth-order valence-corrected chi connectivity index (χ4v) is 3.76. The van der Waals surface area contributed by atoms with Crippen LogP contribution in [0.5, 0.6) is 5.75 Å². The highest BCUT2D eigenvalue weighted by molar-refractivity contribution is 5.95. The number of aryl methyl sites for hydroxylation is 2. The van der Waals surface area contributed by atoms with Crippen LogP contribution in [-0.2, 0) is 4.79 Å². The van der Waals surface area contributed by atoms with E-state index in [9.17, 15) is 23.1 Å². The van der Waals surface area contributed by atoms with Crippen LogP contribution in [0.4, 0.5) is 13.2 Å². The summed E-state index contributed by atoms with van der Waals surface area (Å²) in [6.45, 7) is 4.90. The molecule has 1 aliphatic carbocycles. The maximum atomic E-state index is 13.8.